The van der Waals surface area contributed by atoms with Gasteiger partial charge in [-0.2, -0.15) is 0 Å². The van der Waals surface area contributed by atoms with Gasteiger partial charge in [-0.25, -0.2) is 4.39 Å². The minimum atomic E-state index is -0.336. The number of nitrogens with one attached hydrogen (secondary N) is 1. The minimum Gasteiger partial charge on any atom is -0.329 e. The Morgan fingerprint density at radius 3 is 2.65 bits per heavy atom. The Balaban J connectivity index is 2.32. The lowest BCUT2D eigenvalue weighted by Gasteiger charge is -1.99. The highest BCUT2D eigenvalue weighted by atomic mass is 19.1. The van der Waals surface area contributed by atoms with Crippen LogP contribution in [0.1, 0.15) is 43.0 Å². The highest BCUT2D eigenvalue weighted by Gasteiger charge is 2.02. The Bertz CT molecular complexity index is 370. The average molecular weight is 235 g/mol. The van der Waals surface area contributed by atoms with Gasteiger partial charge < -0.3 is 5.32 Å². The first-order valence-corrected chi connectivity index (χ1v) is 5.95. The molecule has 1 aromatic rings. The fourth-order valence-corrected chi connectivity index (χ4v) is 1.41. The van der Waals surface area contributed by atoms with E-state index in [-0.39, 0.29) is 11.7 Å². The molecule has 0 bridgehead atoms. The van der Waals surface area contributed by atoms with E-state index in [1.807, 2.05) is 6.08 Å². The fraction of sp³-hybridized carbons (Fsp3) is 0.357. The van der Waals surface area contributed by atoms with Gasteiger partial charge in [-0.15, -0.1) is 0 Å². The average Bonchev–Trinajstić information content (AvgIpc) is 2.34. The zero-order valence-electron chi connectivity index (χ0n) is 10.1. The van der Waals surface area contributed by atoms with Crippen molar-refractivity contribution in [3.8, 4) is 0 Å². The molecule has 0 saturated carbocycles. The topological polar surface area (TPSA) is 29.1 Å². The monoisotopic (exact) mass is 235 g/mol. The third kappa shape index (κ3) is 5.29. The van der Waals surface area contributed by atoms with Crippen molar-refractivity contribution in [3.05, 3.63) is 47.9 Å². The lowest BCUT2D eigenvalue weighted by molar-refractivity contribution is 0.0970. The molecule has 1 rings (SSSR count). The quantitative estimate of drug-likeness (QED) is 0.749. The first kappa shape index (κ1) is 13.4. The Morgan fingerprint density at radius 2 is 2.00 bits per heavy atom. The van der Waals surface area contributed by atoms with Gasteiger partial charge in [-0.1, -0.05) is 25.8 Å². The SMILES string of the molecule is CCCCC/C=C\NC(=O)c1ccc(F)cc1. The van der Waals surface area contributed by atoms with Crippen molar-refractivity contribution in [2.75, 3.05) is 0 Å². The van der Waals surface area contributed by atoms with Crippen molar-refractivity contribution in [2.45, 2.75) is 32.6 Å². The molecule has 0 heterocycles. The number of benzene rings is 1. The summed E-state index contributed by atoms with van der Waals surface area (Å²) in [6.07, 6.45) is 8.10. The maximum absolute atomic E-state index is 12.6. The third-order valence-corrected chi connectivity index (χ3v) is 2.41. The van der Waals surface area contributed by atoms with Crippen LogP contribution in [-0.2, 0) is 0 Å². The number of carbonyl (C=O) groups is 1. The molecule has 0 atom stereocenters. The third-order valence-electron chi connectivity index (χ3n) is 2.41. The number of hydrogen-bond acceptors (Lipinski definition) is 1. The molecule has 0 aliphatic rings. The molecule has 0 fully saturated rings. The van der Waals surface area contributed by atoms with E-state index in [0.29, 0.717) is 5.56 Å². The van der Waals surface area contributed by atoms with Crippen LogP contribution in [0.4, 0.5) is 4.39 Å². The number of allylic oxidation sites excluding steroid dienone is 1. The second-order valence-corrected chi connectivity index (χ2v) is 3.88. The number of amides is 1. The van der Waals surface area contributed by atoms with Crippen LogP contribution in [0, 0.1) is 5.82 Å². The Labute approximate surface area is 102 Å². The van der Waals surface area contributed by atoms with E-state index in [1.54, 1.807) is 6.20 Å². The summed E-state index contributed by atoms with van der Waals surface area (Å²) in [5.41, 5.74) is 0.463. The van der Waals surface area contributed by atoms with Crippen molar-refractivity contribution in [2.24, 2.45) is 0 Å². The molecule has 0 aliphatic heterocycles. The largest absolute Gasteiger partial charge is 0.329 e. The molecule has 2 nitrogen and oxygen atoms in total. The van der Waals surface area contributed by atoms with Crippen molar-refractivity contribution < 1.29 is 9.18 Å². The smallest absolute Gasteiger partial charge is 0.255 e. The molecule has 0 aromatic heterocycles. The van der Waals surface area contributed by atoms with E-state index in [1.165, 1.54) is 37.1 Å². The molecular formula is C14H18FNO. The van der Waals surface area contributed by atoms with Gasteiger partial charge in [-0.05, 0) is 37.1 Å². The van der Waals surface area contributed by atoms with Gasteiger partial charge in [0, 0.05) is 11.8 Å². The van der Waals surface area contributed by atoms with Crippen LogP contribution in [0.15, 0.2) is 36.5 Å². The summed E-state index contributed by atoms with van der Waals surface area (Å²) in [5.74, 6) is -0.548. The summed E-state index contributed by atoms with van der Waals surface area (Å²) in [5, 5.41) is 2.65. The maximum Gasteiger partial charge on any atom is 0.255 e. The van der Waals surface area contributed by atoms with Crippen molar-refractivity contribution in [1.82, 2.24) is 5.32 Å². The van der Waals surface area contributed by atoms with E-state index >= 15 is 0 Å². The molecule has 0 unspecified atom stereocenters. The predicted molar refractivity (Wildman–Crippen MR) is 67.1 cm³/mol. The van der Waals surface area contributed by atoms with Gasteiger partial charge in [-0.3, -0.25) is 4.79 Å². The number of halogens is 1. The van der Waals surface area contributed by atoms with Crippen LogP contribution in [0.25, 0.3) is 0 Å². The van der Waals surface area contributed by atoms with Gasteiger partial charge >= 0.3 is 0 Å². The van der Waals surface area contributed by atoms with Crippen LogP contribution < -0.4 is 5.32 Å². The molecule has 0 aliphatic carbocycles. The number of hydrogen-bond donors (Lipinski definition) is 1. The minimum absolute atomic E-state index is 0.211. The van der Waals surface area contributed by atoms with Gasteiger partial charge in [0.05, 0.1) is 0 Å². The van der Waals surface area contributed by atoms with Crippen molar-refractivity contribution >= 4 is 5.91 Å². The van der Waals surface area contributed by atoms with Crippen LogP contribution in [-0.4, -0.2) is 5.91 Å². The lowest BCUT2D eigenvalue weighted by atomic mass is 10.2. The standard InChI is InChI=1S/C14H18FNO/c1-2-3-4-5-6-11-16-14(17)12-7-9-13(15)10-8-12/h6-11H,2-5H2,1H3,(H,16,17)/b11-6-. The summed E-state index contributed by atoms with van der Waals surface area (Å²) in [4.78, 5) is 11.6. The normalized spacial score (nSPS) is 10.7. The molecule has 1 N–H and O–H groups in total. The molecule has 0 spiro atoms. The van der Waals surface area contributed by atoms with Gasteiger partial charge in [0.15, 0.2) is 0 Å². The number of carbonyl (C=O) groups excluding carboxylic acids is 1. The van der Waals surface area contributed by atoms with E-state index in [4.69, 9.17) is 0 Å². The number of unbranched alkanes of at least 4 members (excludes halogenated alkanes) is 3. The Morgan fingerprint density at radius 1 is 1.29 bits per heavy atom. The van der Waals surface area contributed by atoms with Crippen LogP contribution in [0.2, 0.25) is 0 Å². The van der Waals surface area contributed by atoms with Crippen molar-refractivity contribution in [1.29, 1.82) is 0 Å². The zero-order valence-corrected chi connectivity index (χ0v) is 10.1. The van der Waals surface area contributed by atoms with E-state index in [2.05, 4.69) is 12.2 Å². The summed E-state index contributed by atoms with van der Waals surface area (Å²) in [6.45, 7) is 2.15. The maximum atomic E-state index is 12.6. The predicted octanol–water partition coefficient (Wildman–Crippen LogP) is 3.65. The second kappa shape index (κ2) is 7.60. The zero-order chi connectivity index (χ0) is 12.5. The summed E-state index contributed by atoms with van der Waals surface area (Å²) in [6, 6.07) is 5.49. The molecule has 1 amide bonds. The molecule has 92 valence electrons. The highest BCUT2D eigenvalue weighted by Crippen LogP contribution is 2.02. The molecular weight excluding hydrogens is 217 g/mol. The van der Waals surface area contributed by atoms with E-state index < -0.39 is 0 Å². The second-order valence-electron chi connectivity index (χ2n) is 3.88. The van der Waals surface area contributed by atoms with Crippen LogP contribution in [0.5, 0.6) is 0 Å². The van der Waals surface area contributed by atoms with Crippen LogP contribution >= 0.6 is 0 Å². The summed E-state index contributed by atoms with van der Waals surface area (Å²) in [7, 11) is 0. The van der Waals surface area contributed by atoms with E-state index in [0.717, 1.165) is 12.8 Å². The van der Waals surface area contributed by atoms with Gasteiger partial charge in [0.1, 0.15) is 5.82 Å². The lowest BCUT2D eigenvalue weighted by Crippen LogP contribution is -2.16. The Kier molecular flexibility index (Phi) is 6.00. The molecule has 0 radical (unpaired) electrons. The van der Waals surface area contributed by atoms with Gasteiger partial charge in [0.2, 0.25) is 0 Å². The van der Waals surface area contributed by atoms with E-state index in [9.17, 15) is 9.18 Å². The van der Waals surface area contributed by atoms with Crippen molar-refractivity contribution in [3.63, 3.8) is 0 Å². The first-order valence-electron chi connectivity index (χ1n) is 5.95. The Hall–Kier alpha value is -1.64. The molecule has 3 heteroatoms. The molecule has 0 saturated heterocycles. The summed E-state index contributed by atoms with van der Waals surface area (Å²) >= 11 is 0. The highest BCUT2D eigenvalue weighted by molar-refractivity contribution is 5.94. The molecule has 1 aromatic carbocycles. The first-order chi connectivity index (χ1) is 8.24. The number of rotatable bonds is 6. The fourth-order valence-electron chi connectivity index (χ4n) is 1.41. The summed E-state index contributed by atoms with van der Waals surface area (Å²) < 4.78 is 12.6. The molecule has 17 heavy (non-hydrogen) atoms. The van der Waals surface area contributed by atoms with Crippen LogP contribution in [0.3, 0.4) is 0 Å². The van der Waals surface area contributed by atoms with Gasteiger partial charge in [0.25, 0.3) is 5.91 Å².